The van der Waals surface area contributed by atoms with Gasteiger partial charge in [0.05, 0.1) is 18.4 Å². The number of carboxylic acids is 1. The van der Waals surface area contributed by atoms with Crippen LogP contribution in [-0.4, -0.2) is 37.3 Å². The highest BCUT2D eigenvalue weighted by Gasteiger charge is 2.20. The van der Waals surface area contributed by atoms with E-state index in [1.807, 2.05) is 24.3 Å². The van der Waals surface area contributed by atoms with Gasteiger partial charge in [-0.1, -0.05) is 12.1 Å². The summed E-state index contributed by atoms with van der Waals surface area (Å²) in [5, 5.41) is 11.7. The van der Waals surface area contributed by atoms with Crippen molar-refractivity contribution >= 4 is 11.9 Å². The number of carbonyl (C=O) groups excluding carboxylic acids is 1. The zero-order chi connectivity index (χ0) is 18.2. The lowest BCUT2D eigenvalue weighted by atomic mass is 10.1. The summed E-state index contributed by atoms with van der Waals surface area (Å²) in [6.45, 7) is 3.00. The van der Waals surface area contributed by atoms with Gasteiger partial charge in [0.1, 0.15) is 24.5 Å². The Bertz CT molecular complexity index is 720. The average molecular weight is 347 g/mol. The number of amides is 1. The van der Waals surface area contributed by atoms with Gasteiger partial charge in [-0.05, 0) is 24.6 Å². The first kappa shape index (κ1) is 18.5. The second-order valence-electron chi connectivity index (χ2n) is 5.46. The maximum absolute atomic E-state index is 12.3. The van der Waals surface area contributed by atoms with E-state index in [1.54, 1.807) is 14.0 Å². The van der Waals surface area contributed by atoms with Crippen molar-refractivity contribution in [3.63, 3.8) is 0 Å². The molecule has 0 fully saturated rings. The Morgan fingerprint density at radius 3 is 2.56 bits per heavy atom. The van der Waals surface area contributed by atoms with Gasteiger partial charge >= 0.3 is 5.97 Å². The SMILES string of the molecule is COCCOc1ccc(CNC(=O)c2c(C)coc2CC(=O)O)cc1. The molecular formula is C18H21NO6. The van der Waals surface area contributed by atoms with Crippen LogP contribution in [0.3, 0.4) is 0 Å². The van der Waals surface area contributed by atoms with Gasteiger partial charge in [0.2, 0.25) is 0 Å². The summed E-state index contributed by atoms with van der Waals surface area (Å²) < 4.78 is 15.6. The number of furan rings is 1. The van der Waals surface area contributed by atoms with Crippen LogP contribution in [0, 0.1) is 6.92 Å². The molecule has 2 N–H and O–H groups in total. The molecule has 0 atom stereocenters. The molecule has 0 saturated heterocycles. The molecule has 2 aromatic rings. The first-order chi connectivity index (χ1) is 12.0. The van der Waals surface area contributed by atoms with Crippen molar-refractivity contribution in [2.45, 2.75) is 19.9 Å². The summed E-state index contributed by atoms with van der Waals surface area (Å²) in [5.41, 5.74) is 1.78. The van der Waals surface area contributed by atoms with Gasteiger partial charge in [0.25, 0.3) is 5.91 Å². The number of hydrogen-bond donors (Lipinski definition) is 2. The van der Waals surface area contributed by atoms with Gasteiger partial charge in [-0.2, -0.15) is 0 Å². The number of aryl methyl sites for hydroxylation is 1. The normalized spacial score (nSPS) is 10.5. The Morgan fingerprint density at radius 1 is 1.20 bits per heavy atom. The summed E-state index contributed by atoms with van der Waals surface area (Å²) >= 11 is 0. The van der Waals surface area contributed by atoms with Crippen molar-refractivity contribution in [1.82, 2.24) is 5.32 Å². The molecule has 1 amide bonds. The number of carboxylic acid groups (broad SMARTS) is 1. The minimum absolute atomic E-state index is 0.157. The van der Waals surface area contributed by atoms with Crippen LogP contribution in [0.25, 0.3) is 0 Å². The molecule has 0 radical (unpaired) electrons. The van der Waals surface area contributed by atoms with Gasteiger partial charge in [-0.3, -0.25) is 9.59 Å². The number of ether oxygens (including phenoxy) is 2. The summed E-state index contributed by atoms with van der Waals surface area (Å²) in [5.74, 6) is -0.527. The first-order valence-corrected chi connectivity index (χ1v) is 7.79. The second-order valence-corrected chi connectivity index (χ2v) is 5.46. The fraction of sp³-hybridized carbons (Fsp3) is 0.333. The summed E-state index contributed by atoms with van der Waals surface area (Å²) in [6, 6.07) is 7.33. The van der Waals surface area contributed by atoms with Crippen LogP contribution in [0.4, 0.5) is 0 Å². The van der Waals surface area contributed by atoms with Crippen molar-refractivity contribution in [2.24, 2.45) is 0 Å². The van der Waals surface area contributed by atoms with Crippen molar-refractivity contribution in [3.8, 4) is 5.75 Å². The summed E-state index contributed by atoms with van der Waals surface area (Å²) in [4.78, 5) is 23.2. The highest BCUT2D eigenvalue weighted by Crippen LogP contribution is 2.18. The molecule has 0 saturated carbocycles. The molecule has 7 heteroatoms. The van der Waals surface area contributed by atoms with E-state index in [0.29, 0.717) is 25.3 Å². The molecule has 0 aliphatic carbocycles. The number of benzene rings is 1. The van der Waals surface area contributed by atoms with E-state index in [2.05, 4.69) is 5.32 Å². The van der Waals surface area contributed by atoms with Crippen LogP contribution in [0.1, 0.15) is 27.2 Å². The van der Waals surface area contributed by atoms with E-state index in [-0.39, 0.29) is 23.7 Å². The molecule has 0 aliphatic rings. The largest absolute Gasteiger partial charge is 0.491 e. The minimum atomic E-state index is -1.05. The molecular weight excluding hydrogens is 326 g/mol. The van der Waals surface area contributed by atoms with Crippen LogP contribution in [-0.2, 0) is 22.5 Å². The summed E-state index contributed by atoms with van der Waals surface area (Å²) in [6.07, 6.45) is 1.06. The highest BCUT2D eigenvalue weighted by molar-refractivity contribution is 5.97. The Morgan fingerprint density at radius 2 is 1.92 bits per heavy atom. The number of methoxy groups -OCH3 is 1. The fourth-order valence-corrected chi connectivity index (χ4v) is 2.29. The predicted molar refractivity (Wildman–Crippen MR) is 89.8 cm³/mol. The van der Waals surface area contributed by atoms with Gasteiger partial charge in [0, 0.05) is 19.2 Å². The van der Waals surface area contributed by atoms with E-state index in [9.17, 15) is 9.59 Å². The van der Waals surface area contributed by atoms with Crippen molar-refractivity contribution in [3.05, 3.63) is 53.0 Å². The molecule has 0 aliphatic heterocycles. The van der Waals surface area contributed by atoms with Crippen LogP contribution in [0.15, 0.2) is 34.9 Å². The quantitative estimate of drug-likeness (QED) is 0.675. The van der Waals surface area contributed by atoms with Crippen LogP contribution in [0.5, 0.6) is 5.75 Å². The first-order valence-electron chi connectivity index (χ1n) is 7.79. The van der Waals surface area contributed by atoms with Gasteiger partial charge < -0.3 is 24.3 Å². The molecule has 0 spiro atoms. The van der Waals surface area contributed by atoms with Crippen molar-refractivity contribution in [1.29, 1.82) is 0 Å². The van der Waals surface area contributed by atoms with Gasteiger partial charge in [-0.15, -0.1) is 0 Å². The maximum Gasteiger partial charge on any atom is 0.311 e. The lowest BCUT2D eigenvalue weighted by Crippen LogP contribution is -2.24. The number of rotatable bonds is 9. The second kappa shape index (κ2) is 8.89. The molecule has 134 valence electrons. The van der Waals surface area contributed by atoms with Crippen LogP contribution in [0.2, 0.25) is 0 Å². The Kier molecular flexibility index (Phi) is 6.59. The summed E-state index contributed by atoms with van der Waals surface area (Å²) in [7, 11) is 1.61. The monoisotopic (exact) mass is 347 g/mol. The number of nitrogens with one attached hydrogen (secondary N) is 1. The lowest BCUT2D eigenvalue weighted by Gasteiger charge is -2.08. The third kappa shape index (κ3) is 5.36. The number of carbonyl (C=O) groups is 2. The van der Waals surface area contributed by atoms with Gasteiger partial charge in [0.15, 0.2) is 0 Å². The molecule has 0 unspecified atom stereocenters. The highest BCUT2D eigenvalue weighted by atomic mass is 16.5. The molecule has 2 rings (SSSR count). The standard InChI is InChI=1S/C18H21NO6/c1-12-11-25-15(9-16(20)21)17(12)18(22)19-10-13-3-5-14(6-4-13)24-8-7-23-2/h3-6,11H,7-10H2,1-2H3,(H,19,22)(H,20,21). The molecule has 1 aromatic carbocycles. The van der Waals surface area contributed by atoms with Gasteiger partial charge in [-0.25, -0.2) is 0 Å². The Hall–Kier alpha value is -2.80. The van der Waals surface area contributed by atoms with Crippen LogP contribution >= 0.6 is 0 Å². The molecule has 1 heterocycles. The molecule has 1 aromatic heterocycles. The molecule has 7 nitrogen and oxygen atoms in total. The van der Waals surface area contributed by atoms with E-state index < -0.39 is 5.97 Å². The zero-order valence-corrected chi connectivity index (χ0v) is 14.2. The number of aliphatic carboxylic acids is 1. The minimum Gasteiger partial charge on any atom is -0.491 e. The van der Waals surface area contributed by atoms with E-state index in [1.165, 1.54) is 6.26 Å². The van der Waals surface area contributed by atoms with E-state index >= 15 is 0 Å². The van der Waals surface area contributed by atoms with Crippen molar-refractivity contribution in [2.75, 3.05) is 20.3 Å². The van der Waals surface area contributed by atoms with E-state index in [4.69, 9.17) is 19.0 Å². The third-order valence-corrected chi connectivity index (χ3v) is 3.52. The molecule has 25 heavy (non-hydrogen) atoms. The topological polar surface area (TPSA) is 98.0 Å². The Balaban J connectivity index is 1.94. The maximum atomic E-state index is 12.3. The number of hydrogen-bond acceptors (Lipinski definition) is 5. The van der Waals surface area contributed by atoms with E-state index in [0.717, 1.165) is 11.3 Å². The lowest BCUT2D eigenvalue weighted by molar-refractivity contribution is -0.136. The van der Waals surface area contributed by atoms with Crippen molar-refractivity contribution < 1.29 is 28.6 Å². The third-order valence-electron chi connectivity index (χ3n) is 3.52. The smallest absolute Gasteiger partial charge is 0.311 e. The fourth-order valence-electron chi connectivity index (χ4n) is 2.29. The van der Waals surface area contributed by atoms with Crippen LogP contribution < -0.4 is 10.1 Å². The average Bonchev–Trinajstić information content (AvgIpc) is 2.94. The predicted octanol–water partition coefficient (Wildman–Crippen LogP) is 2.17. The molecule has 0 bridgehead atoms. The Labute approximate surface area is 145 Å². The zero-order valence-electron chi connectivity index (χ0n) is 14.2.